The van der Waals surface area contributed by atoms with Gasteiger partial charge in [-0.15, -0.1) is 0 Å². The zero-order chi connectivity index (χ0) is 14.1. The molecule has 0 N–H and O–H groups in total. The average Bonchev–Trinajstić information content (AvgIpc) is 2.46. The maximum Gasteiger partial charge on any atom is 0.130 e. The predicted octanol–water partition coefficient (Wildman–Crippen LogP) is 4.71. The zero-order valence-corrected chi connectivity index (χ0v) is 11.4. The van der Waals surface area contributed by atoms with Crippen molar-refractivity contribution in [1.29, 1.82) is 0 Å². The summed E-state index contributed by atoms with van der Waals surface area (Å²) in [6, 6.07) is 10.2. The number of allylic oxidation sites excluding steroid dienone is 2. The second-order valence-electron chi connectivity index (χ2n) is 5.19. The van der Waals surface area contributed by atoms with Gasteiger partial charge < -0.3 is 0 Å². The number of aryl methyl sites for hydroxylation is 1. The van der Waals surface area contributed by atoms with Gasteiger partial charge in [0.2, 0.25) is 0 Å². The molecule has 0 saturated heterocycles. The van der Waals surface area contributed by atoms with Gasteiger partial charge in [0.05, 0.1) is 0 Å². The van der Waals surface area contributed by atoms with Crippen molar-refractivity contribution in [1.82, 2.24) is 0 Å². The van der Waals surface area contributed by atoms with Gasteiger partial charge in [-0.2, -0.15) is 0 Å². The molecule has 0 atom stereocenters. The summed E-state index contributed by atoms with van der Waals surface area (Å²) in [6.07, 6.45) is 4.20. The lowest BCUT2D eigenvalue weighted by atomic mass is 9.87. The minimum atomic E-state index is -0.230. The van der Waals surface area contributed by atoms with Crippen molar-refractivity contribution in [2.24, 2.45) is 0 Å². The highest BCUT2D eigenvalue weighted by Gasteiger charge is 2.15. The van der Waals surface area contributed by atoms with Gasteiger partial charge in [0.25, 0.3) is 0 Å². The van der Waals surface area contributed by atoms with Crippen LogP contribution in [0.1, 0.15) is 29.2 Å². The van der Waals surface area contributed by atoms with Crippen LogP contribution >= 0.6 is 0 Å². The van der Waals surface area contributed by atoms with Crippen molar-refractivity contribution in [3.63, 3.8) is 0 Å². The lowest BCUT2D eigenvalue weighted by Crippen LogP contribution is -2.04. The molecule has 2 aromatic rings. The van der Waals surface area contributed by atoms with Gasteiger partial charge in [0.1, 0.15) is 11.6 Å². The Morgan fingerprint density at radius 1 is 1.00 bits per heavy atom. The van der Waals surface area contributed by atoms with Gasteiger partial charge in [-0.3, -0.25) is 0 Å². The van der Waals surface area contributed by atoms with Crippen molar-refractivity contribution >= 4 is 5.57 Å². The maximum absolute atomic E-state index is 14.2. The molecule has 2 aromatic carbocycles. The first-order valence-corrected chi connectivity index (χ1v) is 6.92. The van der Waals surface area contributed by atoms with Crippen LogP contribution in [-0.2, 0) is 19.3 Å². The van der Waals surface area contributed by atoms with Gasteiger partial charge in [-0.25, -0.2) is 8.78 Å². The maximum atomic E-state index is 14.2. The molecule has 0 saturated carbocycles. The molecule has 0 fully saturated rings. The summed E-state index contributed by atoms with van der Waals surface area (Å²) in [4.78, 5) is 0. The van der Waals surface area contributed by atoms with Crippen molar-refractivity contribution in [2.45, 2.75) is 26.2 Å². The number of hydrogen-bond acceptors (Lipinski definition) is 0. The summed E-state index contributed by atoms with van der Waals surface area (Å²) in [5.74, 6) is -0.415. The first kappa shape index (κ1) is 13.0. The molecule has 0 aromatic heterocycles. The van der Waals surface area contributed by atoms with Crippen LogP contribution in [0.25, 0.3) is 5.57 Å². The highest BCUT2D eigenvalue weighted by Crippen LogP contribution is 2.29. The fourth-order valence-corrected chi connectivity index (χ4v) is 2.71. The van der Waals surface area contributed by atoms with Crippen LogP contribution in [0.4, 0.5) is 8.78 Å². The van der Waals surface area contributed by atoms with E-state index in [1.807, 2.05) is 31.2 Å². The standard InChI is InChI=1S/C18H16F2/c1-2-12-3-8-17(18(20)9-12)14-5-4-13-6-7-16(19)11-15(13)10-14/h3,5-9,11H,2,4,10H2,1H3. The molecule has 2 heteroatoms. The Balaban J connectivity index is 1.95. The third-order valence-corrected chi connectivity index (χ3v) is 3.91. The largest absolute Gasteiger partial charge is 0.207 e. The van der Waals surface area contributed by atoms with Crippen LogP contribution in [0.15, 0.2) is 42.5 Å². The summed E-state index contributed by atoms with van der Waals surface area (Å²) in [6.45, 7) is 2.01. The Kier molecular flexibility index (Phi) is 3.39. The number of benzene rings is 2. The van der Waals surface area contributed by atoms with Crippen LogP contribution in [-0.4, -0.2) is 0 Å². The molecular weight excluding hydrogens is 254 g/mol. The molecule has 3 rings (SSSR count). The van der Waals surface area contributed by atoms with Gasteiger partial charge in [0, 0.05) is 5.56 Å². The van der Waals surface area contributed by atoms with E-state index in [-0.39, 0.29) is 11.6 Å². The molecule has 0 amide bonds. The first-order valence-electron chi connectivity index (χ1n) is 6.92. The second kappa shape index (κ2) is 5.20. The number of rotatable bonds is 2. The molecule has 1 aliphatic carbocycles. The zero-order valence-electron chi connectivity index (χ0n) is 11.4. The van der Waals surface area contributed by atoms with Crippen LogP contribution < -0.4 is 0 Å². The lowest BCUT2D eigenvalue weighted by molar-refractivity contribution is 0.620. The minimum absolute atomic E-state index is 0.185. The number of halogens is 2. The third-order valence-electron chi connectivity index (χ3n) is 3.91. The minimum Gasteiger partial charge on any atom is -0.207 e. The number of hydrogen-bond donors (Lipinski definition) is 0. The quantitative estimate of drug-likeness (QED) is 0.741. The van der Waals surface area contributed by atoms with Crippen molar-refractivity contribution in [3.8, 4) is 0 Å². The Morgan fingerprint density at radius 2 is 1.85 bits per heavy atom. The van der Waals surface area contributed by atoms with E-state index in [1.165, 1.54) is 6.07 Å². The molecule has 0 heterocycles. The Hall–Kier alpha value is -1.96. The summed E-state index contributed by atoms with van der Waals surface area (Å²) in [5, 5.41) is 0. The molecule has 0 aliphatic heterocycles. The van der Waals surface area contributed by atoms with Crippen LogP contribution in [0.5, 0.6) is 0 Å². The number of fused-ring (bicyclic) bond motifs is 1. The van der Waals surface area contributed by atoms with Crippen molar-refractivity contribution < 1.29 is 8.78 Å². The molecule has 0 bridgehead atoms. The first-order chi connectivity index (χ1) is 9.67. The van der Waals surface area contributed by atoms with Gasteiger partial charge >= 0.3 is 0 Å². The normalized spacial score (nSPS) is 13.8. The molecule has 20 heavy (non-hydrogen) atoms. The van der Waals surface area contributed by atoms with Crippen molar-refractivity contribution in [3.05, 3.63) is 76.4 Å². The van der Waals surface area contributed by atoms with Gasteiger partial charge in [-0.05, 0) is 59.7 Å². The molecular formula is C18H16F2. The van der Waals surface area contributed by atoms with E-state index in [2.05, 4.69) is 0 Å². The summed E-state index contributed by atoms with van der Waals surface area (Å²) >= 11 is 0. The monoisotopic (exact) mass is 270 g/mol. The van der Waals surface area contributed by atoms with Crippen LogP contribution in [0.2, 0.25) is 0 Å². The van der Waals surface area contributed by atoms with E-state index < -0.39 is 0 Å². The van der Waals surface area contributed by atoms with E-state index in [0.29, 0.717) is 12.0 Å². The smallest absolute Gasteiger partial charge is 0.130 e. The highest BCUT2D eigenvalue weighted by molar-refractivity contribution is 5.71. The fourth-order valence-electron chi connectivity index (χ4n) is 2.71. The lowest BCUT2D eigenvalue weighted by Gasteiger charge is -2.18. The fraction of sp³-hybridized carbons (Fsp3) is 0.222. The highest BCUT2D eigenvalue weighted by atomic mass is 19.1. The summed E-state index contributed by atoms with van der Waals surface area (Å²) in [7, 11) is 0. The van der Waals surface area contributed by atoms with Crippen LogP contribution in [0.3, 0.4) is 0 Å². The SMILES string of the molecule is CCc1ccc(C2=CCc3ccc(F)cc3C2)c(F)c1. The Morgan fingerprint density at radius 3 is 2.60 bits per heavy atom. The predicted molar refractivity (Wildman–Crippen MR) is 77.6 cm³/mol. The second-order valence-corrected chi connectivity index (χ2v) is 5.19. The average molecular weight is 270 g/mol. The molecule has 0 spiro atoms. The molecule has 0 unspecified atom stereocenters. The van der Waals surface area contributed by atoms with Crippen molar-refractivity contribution in [2.75, 3.05) is 0 Å². The molecule has 1 aliphatic rings. The Bertz CT molecular complexity index is 684. The van der Waals surface area contributed by atoms with Gasteiger partial charge in [-0.1, -0.05) is 31.2 Å². The summed E-state index contributed by atoms with van der Waals surface area (Å²) < 4.78 is 27.5. The van der Waals surface area contributed by atoms with Crippen LogP contribution in [0, 0.1) is 11.6 Å². The molecule has 0 nitrogen and oxygen atoms in total. The summed E-state index contributed by atoms with van der Waals surface area (Å²) in [5.41, 5.74) is 4.66. The molecule has 102 valence electrons. The van der Waals surface area contributed by atoms with Gasteiger partial charge in [0.15, 0.2) is 0 Å². The topological polar surface area (TPSA) is 0 Å². The Labute approximate surface area is 117 Å². The van der Waals surface area contributed by atoms with E-state index in [4.69, 9.17) is 0 Å². The molecule has 0 radical (unpaired) electrons. The van der Waals surface area contributed by atoms with E-state index >= 15 is 0 Å². The van der Waals surface area contributed by atoms with E-state index in [0.717, 1.165) is 35.1 Å². The van der Waals surface area contributed by atoms with E-state index in [1.54, 1.807) is 12.1 Å². The third kappa shape index (κ3) is 2.38. The van der Waals surface area contributed by atoms with E-state index in [9.17, 15) is 8.78 Å².